The molecule has 0 N–H and O–H groups in total. The third-order valence-corrected chi connectivity index (χ3v) is 6.82. The van der Waals surface area contributed by atoms with Crippen LogP contribution >= 0.6 is 0 Å². The molecule has 158 valence electrons. The highest BCUT2D eigenvalue weighted by molar-refractivity contribution is 5.59. The number of unbranched alkanes of at least 4 members (excludes halogenated alkanes) is 3. The molecular weight excluding hydrogens is 350 g/mol. The van der Waals surface area contributed by atoms with Crippen molar-refractivity contribution in [2.24, 2.45) is 11.8 Å². The Bertz CT molecular complexity index is 683. The fourth-order valence-corrected chi connectivity index (χ4v) is 5.05. The Morgan fingerprint density at radius 3 is 2.21 bits per heavy atom. The van der Waals surface area contributed by atoms with Crippen LogP contribution in [0.4, 0.5) is 0 Å². The van der Waals surface area contributed by atoms with Crippen molar-refractivity contribution >= 4 is 0 Å². The van der Waals surface area contributed by atoms with Gasteiger partial charge in [0.2, 0.25) is 0 Å². The molecule has 1 saturated carbocycles. The van der Waals surface area contributed by atoms with Crippen LogP contribution in [0.2, 0.25) is 0 Å². The number of aromatic nitrogens is 1. The van der Waals surface area contributed by atoms with E-state index in [1.54, 1.807) is 0 Å². The van der Waals surface area contributed by atoms with Gasteiger partial charge in [0.05, 0.1) is 5.69 Å². The van der Waals surface area contributed by atoms with Crippen LogP contribution in [0.3, 0.4) is 0 Å². The minimum absolute atomic E-state index is 0.950. The Morgan fingerprint density at radius 1 is 0.759 bits per heavy atom. The topological polar surface area (TPSA) is 12.9 Å². The molecule has 3 rings (SSSR count). The van der Waals surface area contributed by atoms with Crippen LogP contribution in [0.15, 0.2) is 42.6 Å². The summed E-state index contributed by atoms with van der Waals surface area (Å²) in [7, 11) is 0. The molecule has 1 nitrogen and oxygen atoms in total. The summed E-state index contributed by atoms with van der Waals surface area (Å²) >= 11 is 0. The lowest BCUT2D eigenvalue weighted by atomic mass is 9.77. The second kappa shape index (κ2) is 12.2. The van der Waals surface area contributed by atoms with E-state index in [9.17, 15) is 0 Å². The number of aryl methyl sites for hydroxylation is 2. The van der Waals surface area contributed by atoms with Gasteiger partial charge in [0, 0.05) is 11.8 Å². The van der Waals surface area contributed by atoms with Gasteiger partial charge in [-0.2, -0.15) is 0 Å². The zero-order valence-corrected chi connectivity index (χ0v) is 18.8. The van der Waals surface area contributed by atoms with Gasteiger partial charge in [-0.25, -0.2) is 0 Å². The Kier molecular flexibility index (Phi) is 9.25. The van der Waals surface area contributed by atoms with Crippen LogP contribution < -0.4 is 0 Å². The van der Waals surface area contributed by atoms with Crippen LogP contribution in [0, 0.1) is 11.8 Å². The van der Waals surface area contributed by atoms with Gasteiger partial charge < -0.3 is 0 Å². The van der Waals surface area contributed by atoms with Gasteiger partial charge >= 0.3 is 0 Å². The molecule has 2 aromatic rings. The maximum Gasteiger partial charge on any atom is 0.0702 e. The van der Waals surface area contributed by atoms with Crippen molar-refractivity contribution in [1.82, 2.24) is 4.98 Å². The fourth-order valence-electron chi connectivity index (χ4n) is 5.05. The molecule has 1 aromatic heterocycles. The molecule has 0 aliphatic heterocycles. The SMILES string of the molecule is CCCCCCc1ccc(-c2ccc(CCC3CCCC(CCC)C3)cc2)nc1. The molecular formula is C28H41N. The second-order valence-corrected chi connectivity index (χ2v) is 9.29. The second-order valence-electron chi connectivity index (χ2n) is 9.29. The standard InChI is InChI=1S/C28H41N/c1-3-5-6-7-10-26-17-20-28(29-22-26)27-18-15-23(16-19-27)13-14-25-12-8-11-24(21-25)9-4-2/h15-20,22,24-25H,3-14,21H2,1-2H3. The highest BCUT2D eigenvalue weighted by Crippen LogP contribution is 2.34. The van der Waals surface area contributed by atoms with Gasteiger partial charge in [-0.05, 0) is 61.1 Å². The van der Waals surface area contributed by atoms with Crippen molar-refractivity contribution in [2.75, 3.05) is 0 Å². The van der Waals surface area contributed by atoms with Crippen LogP contribution in [0.5, 0.6) is 0 Å². The lowest BCUT2D eigenvalue weighted by Gasteiger charge is -2.29. The molecule has 2 unspecified atom stereocenters. The monoisotopic (exact) mass is 391 g/mol. The van der Waals surface area contributed by atoms with Crippen LogP contribution in [-0.4, -0.2) is 4.98 Å². The quantitative estimate of drug-likeness (QED) is 0.350. The van der Waals surface area contributed by atoms with Crippen molar-refractivity contribution < 1.29 is 0 Å². The van der Waals surface area contributed by atoms with Gasteiger partial charge in [-0.1, -0.05) is 95.5 Å². The summed E-state index contributed by atoms with van der Waals surface area (Å²) in [5.74, 6) is 1.95. The molecule has 0 bridgehead atoms. The normalized spacial score (nSPS) is 19.4. The Labute approximate surface area is 179 Å². The van der Waals surface area contributed by atoms with Gasteiger partial charge in [0.1, 0.15) is 0 Å². The molecule has 2 atom stereocenters. The summed E-state index contributed by atoms with van der Waals surface area (Å²) in [6.45, 7) is 4.60. The molecule has 0 radical (unpaired) electrons. The first-order chi connectivity index (χ1) is 14.3. The molecule has 1 aromatic carbocycles. The van der Waals surface area contributed by atoms with Crippen molar-refractivity contribution in [3.63, 3.8) is 0 Å². The lowest BCUT2D eigenvalue weighted by Crippen LogP contribution is -2.16. The number of nitrogens with zero attached hydrogens (tertiary/aromatic N) is 1. The summed E-state index contributed by atoms with van der Waals surface area (Å²) in [5, 5.41) is 0. The van der Waals surface area contributed by atoms with Crippen molar-refractivity contribution in [1.29, 1.82) is 0 Å². The Hall–Kier alpha value is -1.63. The van der Waals surface area contributed by atoms with Gasteiger partial charge in [-0.15, -0.1) is 0 Å². The molecule has 0 spiro atoms. The highest BCUT2D eigenvalue weighted by atomic mass is 14.7. The van der Waals surface area contributed by atoms with Crippen LogP contribution in [0.1, 0.15) is 95.6 Å². The molecule has 1 heteroatoms. The lowest BCUT2D eigenvalue weighted by molar-refractivity contribution is 0.243. The van der Waals surface area contributed by atoms with Crippen LogP contribution in [0.25, 0.3) is 11.3 Å². The first-order valence-corrected chi connectivity index (χ1v) is 12.3. The number of hydrogen-bond acceptors (Lipinski definition) is 1. The molecule has 1 heterocycles. The van der Waals surface area contributed by atoms with E-state index in [0.29, 0.717) is 0 Å². The first-order valence-electron chi connectivity index (χ1n) is 12.3. The average molecular weight is 392 g/mol. The number of benzene rings is 1. The largest absolute Gasteiger partial charge is 0.256 e. The van der Waals surface area contributed by atoms with E-state index in [4.69, 9.17) is 4.98 Å². The molecule has 1 fully saturated rings. The van der Waals surface area contributed by atoms with E-state index < -0.39 is 0 Å². The predicted molar refractivity (Wildman–Crippen MR) is 126 cm³/mol. The summed E-state index contributed by atoms with van der Waals surface area (Å²) in [6.07, 6.45) is 19.7. The predicted octanol–water partition coefficient (Wildman–Crippen LogP) is 8.41. The third-order valence-electron chi connectivity index (χ3n) is 6.82. The van der Waals surface area contributed by atoms with Crippen molar-refractivity contribution in [3.8, 4) is 11.3 Å². The molecule has 0 amide bonds. The van der Waals surface area contributed by atoms with Crippen molar-refractivity contribution in [2.45, 2.75) is 97.3 Å². The third kappa shape index (κ3) is 7.28. The number of pyridine rings is 1. The van der Waals surface area contributed by atoms with Gasteiger partial charge in [0.25, 0.3) is 0 Å². The summed E-state index contributed by atoms with van der Waals surface area (Å²) in [5.41, 5.74) is 5.20. The molecule has 1 aliphatic rings. The van der Waals surface area contributed by atoms with E-state index >= 15 is 0 Å². The Morgan fingerprint density at radius 2 is 1.52 bits per heavy atom. The average Bonchev–Trinajstić information content (AvgIpc) is 2.77. The van der Waals surface area contributed by atoms with Gasteiger partial charge in [-0.3, -0.25) is 4.98 Å². The van der Waals surface area contributed by atoms with E-state index in [-0.39, 0.29) is 0 Å². The zero-order chi connectivity index (χ0) is 20.3. The van der Waals surface area contributed by atoms with E-state index in [1.807, 2.05) is 0 Å². The molecule has 0 saturated heterocycles. The molecule has 1 aliphatic carbocycles. The fraction of sp³-hybridized carbons (Fsp3) is 0.607. The maximum atomic E-state index is 4.72. The number of hydrogen-bond donors (Lipinski definition) is 0. The first kappa shape index (κ1) is 22.1. The van der Waals surface area contributed by atoms with Gasteiger partial charge in [0.15, 0.2) is 0 Å². The zero-order valence-electron chi connectivity index (χ0n) is 18.8. The smallest absolute Gasteiger partial charge is 0.0702 e. The molecule has 29 heavy (non-hydrogen) atoms. The minimum Gasteiger partial charge on any atom is -0.256 e. The van der Waals surface area contributed by atoms with E-state index in [0.717, 1.165) is 24.0 Å². The Balaban J connectivity index is 1.47. The minimum atomic E-state index is 0.950. The van der Waals surface area contributed by atoms with E-state index in [1.165, 1.54) is 93.7 Å². The van der Waals surface area contributed by atoms with Crippen molar-refractivity contribution in [3.05, 3.63) is 53.7 Å². The van der Waals surface area contributed by atoms with Crippen LogP contribution in [-0.2, 0) is 12.8 Å². The summed E-state index contributed by atoms with van der Waals surface area (Å²) in [6, 6.07) is 13.6. The van der Waals surface area contributed by atoms with E-state index in [2.05, 4.69) is 56.4 Å². The maximum absolute atomic E-state index is 4.72. The summed E-state index contributed by atoms with van der Waals surface area (Å²) in [4.78, 5) is 4.72. The highest BCUT2D eigenvalue weighted by Gasteiger charge is 2.21. The summed E-state index contributed by atoms with van der Waals surface area (Å²) < 4.78 is 0. The number of rotatable bonds is 11.